The summed E-state index contributed by atoms with van der Waals surface area (Å²) in [6, 6.07) is 0.228. The van der Waals surface area contributed by atoms with E-state index in [1.165, 1.54) is 0 Å². The van der Waals surface area contributed by atoms with Crippen LogP contribution in [-0.4, -0.2) is 35.9 Å². The van der Waals surface area contributed by atoms with E-state index in [0.29, 0.717) is 17.7 Å². The lowest BCUT2D eigenvalue weighted by Gasteiger charge is -2.29. The number of carbonyl (C=O) groups excluding carboxylic acids is 2. The van der Waals surface area contributed by atoms with Crippen LogP contribution in [0.2, 0.25) is 0 Å². The molecule has 2 amide bonds. The smallest absolute Gasteiger partial charge is 0.314 e. The third-order valence-corrected chi connectivity index (χ3v) is 4.61. The Balaban J connectivity index is 2.18. The SMILES string of the molecule is CNC(=O)NC1CCSC(CCCCC(C)=O)C1. The van der Waals surface area contributed by atoms with Crippen LogP contribution in [0.4, 0.5) is 4.79 Å². The van der Waals surface area contributed by atoms with Gasteiger partial charge in [0.1, 0.15) is 5.78 Å². The zero-order chi connectivity index (χ0) is 13.4. The third-order valence-electron chi connectivity index (χ3n) is 3.23. The molecular formula is C13H24N2O2S. The lowest BCUT2D eigenvalue weighted by Crippen LogP contribution is -2.43. The Hall–Kier alpha value is -0.710. The van der Waals surface area contributed by atoms with Gasteiger partial charge in [0.05, 0.1) is 0 Å². The molecule has 4 nitrogen and oxygen atoms in total. The van der Waals surface area contributed by atoms with E-state index in [1.807, 2.05) is 11.8 Å². The van der Waals surface area contributed by atoms with E-state index in [2.05, 4.69) is 10.6 Å². The summed E-state index contributed by atoms with van der Waals surface area (Å²) in [4.78, 5) is 22.1. The maximum atomic E-state index is 11.3. The summed E-state index contributed by atoms with van der Waals surface area (Å²) >= 11 is 2.00. The van der Waals surface area contributed by atoms with Crippen LogP contribution in [-0.2, 0) is 4.79 Å². The highest BCUT2D eigenvalue weighted by Gasteiger charge is 2.23. The van der Waals surface area contributed by atoms with Gasteiger partial charge in [-0.3, -0.25) is 0 Å². The molecule has 2 unspecified atom stereocenters. The second kappa shape index (κ2) is 8.40. The van der Waals surface area contributed by atoms with Crippen LogP contribution in [0.25, 0.3) is 0 Å². The van der Waals surface area contributed by atoms with Gasteiger partial charge in [-0.25, -0.2) is 4.79 Å². The van der Waals surface area contributed by atoms with Gasteiger partial charge < -0.3 is 15.4 Å². The van der Waals surface area contributed by atoms with Crippen molar-refractivity contribution in [2.45, 2.75) is 56.7 Å². The first-order valence-electron chi connectivity index (χ1n) is 6.71. The molecule has 0 bridgehead atoms. The number of carbonyl (C=O) groups is 2. The first-order valence-corrected chi connectivity index (χ1v) is 7.76. The molecule has 1 heterocycles. The van der Waals surface area contributed by atoms with Crippen molar-refractivity contribution in [1.29, 1.82) is 0 Å². The van der Waals surface area contributed by atoms with Crippen LogP contribution >= 0.6 is 11.8 Å². The zero-order valence-corrected chi connectivity index (χ0v) is 12.1. The van der Waals surface area contributed by atoms with Crippen molar-refractivity contribution in [3.8, 4) is 0 Å². The summed E-state index contributed by atoms with van der Waals surface area (Å²) in [5.41, 5.74) is 0. The Bertz CT molecular complexity index is 284. The molecule has 2 atom stereocenters. The van der Waals surface area contributed by atoms with Crippen molar-refractivity contribution in [1.82, 2.24) is 10.6 Å². The molecule has 0 spiro atoms. The van der Waals surface area contributed by atoms with Crippen molar-refractivity contribution < 1.29 is 9.59 Å². The van der Waals surface area contributed by atoms with Gasteiger partial charge >= 0.3 is 6.03 Å². The number of amides is 2. The van der Waals surface area contributed by atoms with Crippen molar-refractivity contribution in [2.75, 3.05) is 12.8 Å². The fourth-order valence-electron chi connectivity index (χ4n) is 2.22. The van der Waals surface area contributed by atoms with E-state index in [-0.39, 0.29) is 11.8 Å². The first-order chi connectivity index (χ1) is 8.61. The maximum absolute atomic E-state index is 11.3. The standard InChI is InChI=1S/C13H24N2O2S/c1-10(16)5-3-4-6-12-9-11(7-8-18-12)15-13(17)14-2/h11-12H,3-9H2,1-2H3,(H2,14,15,17). The Morgan fingerprint density at radius 2 is 2.11 bits per heavy atom. The molecule has 1 aliphatic heterocycles. The number of ketones is 1. The molecule has 2 N–H and O–H groups in total. The number of hydrogen-bond donors (Lipinski definition) is 2. The number of nitrogens with one attached hydrogen (secondary N) is 2. The van der Waals surface area contributed by atoms with Crippen molar-refractivity contribution in [3.63, 3.8) is 0 Å². The minimum absolute atomic E-state index is 0.0813. The topological polar surface area (TPSA) is 58.2 Å². The Labute approximate surface area is 114 Å². The van der Waals surface area contributed by atoms with E-state index >= 15 is 0 Å². The Morgan fingerprint density at radius 3 is 2.78 bits per heavy atom. The summed E-state index contributed by atoms with van der Waals surface area (Å²) in [6.45, 7) is 1.65. The molecule has 5 heteroatoms. The lowest BCUT2D eigenvalue weighted by atomic mass is 10.0. The predicted octanol–water partition coefficient (Wildman–Crippen LogP) is 2.33. The maximum Gasteiger partial charge on any atom is 0.314 e. The van der Waals surface area contributed by atoms with Gasteiger partial charge in [-0.1, -0.05) is 6.42 Å². The first kappa shape index (κ1) is 15.3. The van der Waals surface area contributed by atoms with Crippen LogP contribution in [0.15, 0.2) is 0 Å². The molecule has 18 heavy (non-hydrogen) atoms. The number of rotatable bonds is 6. The number of Topliss-reactive ketones (excluding diaryl/α,β-unsaturated/α-hetero) is 1. The van der Waals surface area contributed by atoms with Crippen LogP contribution in [0.5, 0.6) is 0 Å². The number of thioether (sulfide) groups is 1. The molecule has 1 rings (SSSR count). The minimum Gasteiger partial charge on any atom is -0.341 e. The average Bonchev–Trinajstić information content (AvgIpc) is 2.35. The molecule has 0 aromatic heterocycles. The molecule has 0 aromatic carbocycles. The monoisotopic (exact) mass is 272 g/mol. The Kier molecular flexibility index (Phi) is 7.16. The van der Waals surface area contributed by atoms with Gasteiger partial charge in [-0.2, -0.15) is 11.8 Å². The van der Waals surface area contributed by atoms with E-state index in [0.717, 1.165) is 37.9 Å². The molecule has 0 aliphatic carbocycles. The second-order valence-corrected chi connectivity index (χ2v) is 6.29. The lowest BCUT2D eigenvalue weighted by molar-refractivity contribution is -0.117. The van der Waals surface area contributed by atoms with Crippen LogP contribution in [0, 0.1) is 0 Å². The number of urea groups is 1. The van der Waals surface area contributed by atoms with Gasteiger partial charge in [0.2, 0.25) is 0 Å². The van der Waals surface area contributed by atoms with Crippen LogP contribution in [0.3, 0.4) is 0 Å². The van der Waals surface area contributed by atoms with Crippen molar-refractivity contribution >= 4 is 23.6 Å². The van der Waals surface area contributed by atoms with Gasteiger partial charge in [-0.05, 0) is 38.4 Å². The highest BCUT2D eigenvalue weighted by atomic mass is 32.2. The minimum atomic E-state index is -0.0813. The summed E-state index contributed by atoms with van der Waals surface area (Å²) < 4.78 is 0. The van der Waals surface area contributed by atoms with Gasteiger partial charge in [0.15, 0.2) is 0 Å². The summed E-state index contributed by atoms with van der Waals surface area (Å²) in [5.74, 6) is 1.40. The number of unbranched alkanes of at least 4 members (excludes halogenated alkanes) is 1. The molecule has 0 aromatic rings. The molecule has 1 saturated heterocycles. The molecular weight excluding hydrogens is 248 g/mol. The quantitative estimate of drug-likeness (QED) is 0.730. The Morgan fingerprint density at radius 1 is 1.33 bits per heavy atom. The molecule has 0 radical (unpaired) electrons. The fraction of sp³-hybridized carbons (Fsp3) is 0.846. The van der Waals surface area contributed by atoms with Crippen LogP contribution < -0.4 is 10.6 Å². The molecule has 0 saturated carbocycles. The van der Waals surface area contributed by atoms with E-state index in [1.54, 1.807) is 14.0 Å². The zero-order valence-electron chi connectivity index (χ0n) is 11.3. The highest BCUT2D eigenvalue weighted by Crippen LogP contribution is 2.29. The predicted molar refractivity (Wildman–Crippen MR) is 76.0 cm³/mol. The van der Waals surface area contributed by atoms with E-state index < -0.39 is 0 Å². The fourth-order valence-corrected chi connectivity index (χ4v) is 3.67. The largest absolute Gasteiger partial charge is 0.341 e. The summed E-state index contributed by atoms with van der Waals surface area (Å²) in [6.07, 6.45) is 6.09. The molecule has 1 fully saturated rings. The van der Waals surface area contributed by atoms with Crippen molar-refractivity contribution in [3.05, 3.63) is 0 Å². The summed E-state index contributed by atoms with van der Waals surface area (Å²) in [7, 11) is 1.64. The summed E-state index contributed by atoms with van der Waals surface area (Å²) in [5, 5.41) is 6.22. The third kappa shape index (κ3) is 6.28. The van der Waals surface area contributed by atoms with Crippen LogP contribution in [0.1, 0.15) is 45.4 Å². The van der Waals surface area contributed by atoms with Gasteiger partial charge in [0.25, 0.3) is 0 Å². The molecule has 1 aliphatic rings. The number of hydrogen-bond acceptors (Lipinski definition) is 3. The average molecular weight is 272 g/mol. The molecule has 104 valence electrons. The van der Waals surface area contributed by atoms with E-state index in [9.17, 15) is 9.59 Å². The second-order valence-electron chi connectivity index (χ2n) is 4.89. The highest BCUT2D eigenvalue weighted by molar-refractivity contribution is 7.99. The van der Waals surface area contributed by atoms with E-state index in [4.69, 9.17) is 0 Å². The van der Waals surface area contributed by atoms with Gasteiger partial charge in [0, 0.05) is 24.8 Å². The van der Waals surface area contributed by atoms with Gasteiger partial charge in [-0.15, -0.1) is 0 Å². The van der Waals surface area contributed by atoms with Crippen molar-refractivity contribution in [2.24, 2.45) is 0 Å². The normalized spacial score (nSPS) is 23.4.